The molecular weight excluding hydrogens is 390 g/mol. The van der Waals surface area contributed by atoms with Crippen LogP contribution in [0.3, 0.4) is 0 Å². The minimum atomic E-state index is -0.772. The van der Waals surface area contributed by atoms with E-state index in [1.54, 1.807) is 30.3 Å². The van der Waals surface area contributed by atoms with Crippen molar-refractivity contribution in [2.24, 2.45) is 0 Å². The number of hydrogen-bond donors (Lipinski definition) is 1. The summed E-state index contributed by atoms with van der Waals surface area (Å²) in [5.41, 5.74) is -0.325. The maximum absolute atomic E-state index is 12.7. The van der Waals surface area contributed by atoms with E-state index in [0.717, 1.165) is 15.3 Å². The first-order chi connectivity index (χ1) is 14.0. The molecule has 1 aromatic heterocycles. The van der Waals surface area contributed by atoms with Gasteiger partial charge in [-0.25, -0.2) is 0 Å². The molecule has 0 bridgehead atoms. The van der Waals surface area contributed by atoms with Crippen LogP contribution < -0.4 is 16.4 Å². The van der Waals surface area contributed by atoms with E-state index < -0.39 is 17.0 Å². The van der Waals surface area contributed by atoms with Crippen molar-refractivity contribution in [2.45, 2.75) is 6.54 Å². The number of benzene rings is 3. The number of fused-ring (bicyclic) bond motifs is 1. The topological polar surface area (TPSA) is 73.1 Å². The lowest BCUT2D eigenvalue weighted by Crippen LogP contribution is -2.41. The maximum Gasteiger partial charge on any atom is 0.321 e. The highest BCUT2D eigenvalue weighted by Gasteiger charge is 2.12. The van der Waals surface area contributed by atoms with Gasteiger partial charge in [0.2, 0.25) is 5.91 Å². The van der Waals surface area contributed by atoms with Crippen LogP contribution in [0.2, 0.25) is 5.02 Å². The normalized spacial score (nSPS) is 10.8. The average Bonchev–Trinajstić information content (AvgIpc) is 2.73. The molecule has 29 heavy (non-hydrogen) atoms. The van der Waals surface area contributed by atoms with Crippen molar-refractivity contribution in [2.75, 3.05) is 5.32 Å². The lowest BCUT2D eigenvalue weighted by Gasteiger charge is -2.11. The van der Waals surface area contributed by atoms with Gasteiger partial charge in [-0.05, 0) is 35.7 Å². The van der Waals surface area contributed by atoms with E-state index in [2.05, 4.69) is 5.32 Å². The van der Waals surface area contributed by atoms with Crippen molar-refractivity contribution >= 4 is 34.0 Å². The van der Waals surface area contributed by atoms with E-state index >= 15 is 0 Å². The van der Waals surface area contributed by atoms with Crippen LogP contribution in [0.5, 0.6) is 0 Å². The van der Waals surface area contributed by atoms with Gasteiger partial charge in [0, 0.05) is 28.5 Å². The fourth-order valence-electron chi connectivity index (χ4n) is 3.13. The van der Waals surface area contributed by atoms with E-state index in [1.165, 1.54) is 17.0 Å². The van der Waals surface area contributed by atoms with Crippen LogP contribution in [0.25, 0.3) is 16.5 Å². The molecule has 0 aliphatic rings. The summed E-state index contributed by atoms with van der Waals surface area (Å²) in [6, 6.07) is 19.8. The second kappa shape index (κ2) is 7.77. The molecule has 0 fully saturated rings. The zero-order valence-electron chi connectivity index (χ0n) is 15.2. The number of aromatic nitrogens is 2. The van der Waals surface area contributed by atoms with Crippen LogP contribution in [-0.2, 0) is 11.3 Å². The van der Waals surface area contributed by atoms with Crippen LogP contribution in [0, 0.1) is 0 Å². The van der Waals surface area contributed by atoms with E-state index in [9.17, 15) is 14.4 Å². The fraction of sp³-hybridized carbons (Fsp3) is 0.0455. The average molecular weight is 406 g/mol. The highest BCUT2D eigenvalue weighted by molar-refractivity contribution is 6.30. The van der Waals surface area contributed by atoms with Gasteiger partial charge >= 0.3 is 11.1 Å². The Morgan fingerprint density at radius 1 is 0.862 bits per heavy atom. The Morgan fingerprint density at radius 2 is 1.59 bits per heavy atom. The van der Waals surface area contributed by atoms with Crippen molar-refractivity contribution in [3.63, 3.8) is 0 Å². The van der Waals surface area contributed by atoms with Gasteiger partial charge in [-0.1, -0.05) is 48.0 Å². The molecule has 0 aliphatic heterocycles. The fourth-order valence-corrected chi connectivity index (χ4v) is 3.26. The second-order valence-corrected chi connectivity index (χ2v) is 6.90. The highest BCUT2D eigenvalue weighted by atomic mass is 35.5. The molecule has 1 N–H and O–H groups in total. The van der Waals surface area contributed by atoms with Gasteiger partial charge in [0.05, 0.1) is 5.69 Å². The summed E-state index contributed by atoms with van der Waals surface area (Å²) < 4.78 is 2.40. The van der Waals surface area contributed by atoms with E-state index in [4.69, 9.17) is 11.6 Å². The largest absolute Gasteiger partial charge is 0.325 e. The lowest BCUT2D eigenvalue weighted by atomic mass is 10.1. The molecule has 0 aliphatic carbocycles. The highest BCUT2D eigenvalue weighted by Crippen LogP contribution is 2.20. The molecule has 0 saturated carbocycles. The number of halogens is 1. The first kappa shape index (κ1) is 18.7. The summed E-state index contributed by atoms with van der Waals surface area (Å²) in [6.07, 6.45) is 2.94. The zero-order valence-corrected chi connectivity index (χ0v) is 16.0. The third-order valence-electron chi connectivity index (χ3n) is 4.53. The standard InChI is InChI=1S/C22H16ClN3O3/c23-16-8-10-17(11-9-16)24-20(27)14-25-12-13-26(22(29)21(25)28)19-7-3-5-15-4-1-2-6-18(15)19/h1-13H,14H2,(H,24,27). The SMILES string of the molecule is O=C(Cn1ccn(-c2cccc3ccccc23)c(=O)c1=O)Nc1ccc(Cl)cc1. The molecule has 0 radical (unpaired) electrons. The molecule has 7 heteroatoms. The van der Waals surface area contributed by atoms with Gasteiger partial charge in [0.1, 0.15) is 6.54 Å². The Balaban J connectivity index is 1.64. The molecule has 1 heterocycles. The Hall–Kier alpha value is -3.64. The zero-order chi connectivity index (χ0) is 20.4. The van der Waals surface area contributed by atoms with Gasteiger partial charge in [-0.15, -0.1) is 0 Å². The van der Waals surface area contributed by atoms with Crippen molar-refractivity contribution in [3.8, 4) is 5.69 Å². The summed E-state index contributed by atoms with van der Waals surface area (Å²) in [4.78, 5) is 37.5. The van der Waals surface area contributed by atoms with Gasteiger partial charge in [0.25, 0.3) is 0 Å². The summed E-state index contributed by atoms with van der Waals surface area (Å²) in [6.45, 7) is -0.271. The Bertz CT molecular complexity index is 1320. The summed E-state index contributed by atoms with van der Waals surface area (Å²) in [7, 11) is 0. The van der Waals surface area contributed by atoms with Gasteiger partial charge < -0.3 is 5.32 Å². The molecule has 4 rings (SSSR count). The van der Waals surface area contributed by atoms with Crippen molar-refractivity contribution in [1.29, 1.82) is 0 Å². The summed E-state index contributed by atoms with van der Waals surface area (Å²) >= 11 is 5.82. The lowest BCUT2D eigenvalue weighted by molar-refractivity contribution is -0.116. The van der Waals surface area contributed by atoms with Crippen LogP contribution in [0.1, 0.15) is 0 Å². The predicted octanol–water partition coefficient (Wildman–Crippen LogP) is 3.44. The minimum Gasteiger partial charge on any atom is -0.325 e. The number of hydrogen-bond acceptors (Lipinski definition) is 3. The number of nitrogens with one attached hydrogen (secondary N) is 1. The monoisotopic (exact) mass is 405 g/mol. The van der Waals surface area contributed by atoms with Crippen molar-refractivity contribution < 1.29 is 4.79 Å². The van der Waals surface area contributed by atoms with Gasteiger partial charge in [0.15, 0.2) is 0 Å². The maximum atomic E-state index is 12.7. The number of amides is 1. The summed E-state index contributed by atoms with van der Waals surface area (Å²) in [5.74, 6) is -0.420. The first-order valence-electron chi connectivity index (χ1n) is 8.88. The molecule has 0 atom stereocenters. The van der Waals surface area contributed by atoms with Crippen molar-refractivity contribution in [1.82, 2.24) is 9.13 Å². The van der Waals surface area contributed by atoms with Crippen LogP contribution in [0.4, 0.5) is 5.69 Å². The third-order valence-corrected chi connectivity index (χ3v) is 4.78. The smallest absolute Gasteiger partial charge is 0.321 e. The number of rotatable bonds is 4. The number of carbonyl (C=O) groups excluding carboxylic acids is 1. The Labute approximate surface area is 170 Å². The molecule has 6 nitrogen and oxygen atoms in total. The third kappa shape index (κ3) is 3.83. The molecule has 0 saturated heterocycles. The number of nitrogens with zero attached hydrogens (tertiary/aromatic N) is 2. The number of carbonyl (C=O) groups is 1. The molecule has 4 aromatic rings. The van der Waals surface area contributed by atoms with E-state index in [-0.39, 0.29) is 6.54 Å². The van der Waals surface area contributed by atoms with E-state index in [0.29, 0.717) is 16.4 Å². The molecular formula is C22H16ClN3O3. The van der Waals surface area contributed by atoms with Crippen molar-refractivity contribution in [3.05, 3.63) is 105 Å². The Kier molecular flexibility index (Phi) is 5.01. The van der Waals surface area contributed by atoms with Crippen LogP contribution in [0.15, 0.2) is 88.7 Å². The van der Waals surface area contributed by atoms with Gasteiger partial charge in [-0.3, -0.25) is 23.5 Å². The van der Waals surface area contributed by atoms with Crippen LogP contribution in [-0.4, -0.2) is 15.0 Å². The van der Waals surface area contributed by atoms with Gasteiger partial charge in [-0.2, -0.15) is 0 Å². The Morgan fingerprint density at radius 3 is 2.38 bits per heavy atom. The quantitative estimate of drug-likeness (QED) is 0.528. The summed E-state index contributed by atoms with van der Waals surface area (Å²) in [5, 5.41) is 5.04. The molecule has 1 amide bonds. The first-order valence-corrected chi connectivity index (χ1v) is 9.26. The second-order valence-electron chi connectivity index (χ2n) is 6.46. The molecule has 0 unspecified atom stereocenters. The van der Waals surface area contributed by atoms with Crippen LogP contribution >= 0.6 is 11.6 Å². The minimum absolute atomic E-state index is 0.271. The molecule has 144 valence electrons. The van der Waals surface area contributed by atoms with E-state index in [1.807, 2.05) is 36.4 Å². The number of anilines is 1. The predicted molar refractivity (Wildman–Crippen MR) is 114 cm³/mol. The molecule has 3 aromatic carbocycles. The molecule has 0 spiro atoms.